The van der Waals surface area contributed by atoms with E-state index in [-0.39, 0.29) is 0 Å². The molecule has 0 aliphatic heterocycles. The van der Waals surface area contributed by atoms with E-state index in [1.807, 2.05) is 23.9 Å². The number of rotatable bonds is 4. The van der Waals surface area contributed by atoms with Gasteiger partial charge in [-0.05, 0) is 11.6 Å². The molecule has 0 spiro atoms. The minimum absolute atomic E-state index is 0.454. The monoisotopic (exact) mass is 263 g/mol. The molecule has 2 rings (SSSR count). The van der Waals surface area contributed by atoms with E-state index >= 15 is 0 Å². The van der Waals surface area contributed by atoms with Crippen LogP contribution in [0, 0.1) is 0 Å². The minimum Gasteiger partial charge on any atom is -0.334 e. The van der Waals surface area contributed by atoms with Crippen molar-refractivity contribution in [2.75, 3.05) is 0 Å². The Kier molecular flexibility index (Phi) is 4.04. The van der Waals surface area contributed by atoms with Crippen LogP contribution in [0.5, 0.6) is 0 Å². The van der Waals surface area contributed by atoms with Gasteiger partial charge in [0.1, 0.15) is 5.82 Å². The topological polar surface area (TPSA) is 29.9 Å². The van der Waals surface area contributed by atoms with Crippen LogP contribution in [0.15, 0.2) is 30.6 Å². The van der Waals surface area contributed by atoms with E-state index in [0.717, 1.165) is 28.5 Å². The summed E-state index contributed by atoms with van der Waals surface area (Å²) in [5.74, 6) is 0.931. The van der Waals surface area contributed by atoms with Crippen LogP contribution in [-0.4, -0.2) is 15.6 Å². The summed E-state index contributed by atoms with van der Waals surface area (Å²) in [4.78, 5) is 4.32. The molecule has 4 heteroatoms. The fourth-order valence-electron chi connectivity index (χ4n) is 1.79. The summed E-state index contributed by atoms with van der Waals surface area (Å²) in [6, 6.07) is 6.55. The largest absolute Gasteiger partial charge is 0.334 e. The van der Waals surface area contributed by atoms with E-state index in [9.17, 15) is 0 Å². The Morgan fingerprint density at radius 3 is 2.72 bits per heavy atom. The lowest BCUT2D eigenvalue weighted by molar-refractivity contribution is 0.589. The third kappa shape index (κ3) is 2.92. The fourth-order valence-corrected chi connectivity index (χ4v) is 2.03. The van der Waals surface area contributed by atoms with Gasteiger partial charge in [-0.25, -0.2) is 4.98 Å². The maximum atomic E-state index is 6.31. The Morgan fingerprint density at radius 2 is 2.17 bits per heavy atom. The first-order valence-corrected chi connectivity index (χ1v) is 6.45. The van der Waals surface area contributed by atoms with Gasteiger partial charge in [0.25, 0.3) is 0 Å². The molecule has 0 bridgehead atoms. The molecule has 0 amide bonds. The van der Waals surface area contributed by atoms with Gasteiger partial charge in [-0.2, -0.15) is 0 Å². The highest BCUT2D eigenvalue weighted by Gasteiger charge is 2.07. The molecule has 0 radical (unpaired) electrons. The van der Waals surface area contributed by atoms with Crippen LogP contribution >= 0.6 is 11.6 Å². The van der Waals surface area contributed by atoms with Crippen molar-refractivity contribution in [3.8, 4) is 11.4 Å². The van der Waals surface area contributed by atoms with Crippen molar-refractivity contribution < 1.29 is 0 Å². The standard InChI is InChI=1S/C14H18ClN3/c1-10(2)17-9-12-5-4-11(8-13(12)15)14-16-6-7-18(14)3/h4-8,10,17H,9H2,1-3H3. The quantitative estimate of drug-likeness (QED) is 0.918. The number of aromatic nitrogens is 2. The smallest absolute Gasteiger partial charge is 0.139 e. The van der Waals surface area contributed by atoms with E-state index in [1.54, 1.807) is 6.20 Å². The van der Waals surface area contributed by atoms with Gasteiger partial charge in [0.05, 0.1) is 0 Å². The average Bonchev–Trinajstić information content (AvgIpc) is 2.73. The molecule has 1 N–H and O–H groups in total. The third-order valence-corrected chi connectivity index (χ3v) is 3.19. The summed E-state index contributed by atoms with van der Waals surface area (Å²) in [6.07, 6.45) is 3.72. The number of imidazole rings is 1. The summed E-state index contributed by atoms with van der Waals surface area (Å²) in [5, 5.41) is 4.14. The Bertz CT molecular complexity index is 532. The molecule has 0 unspecified atom stereocenters. The van der Waals surface area contributed by atoms with Gasteiger partial charge in [-0.1, -0.05) is 37.6 Å². The molecule has 1 aromatic carbocycles. The fraction of sp³-hybridized carbons (Fsp3) is 0.357. The Balaban J connectivity index is 2.22. The number of nitrogens with one attached hydrogen (secondary N) is 1. The van der Waals surface area contributed by atoms with Crippen molar-refractivity contribution in [2.24, 2.45) is 7.05 Å². The number of hydrogen-bond acceptors (Lipinski definition) is 2. The SMILES string of the molecule is CC(C)NCc1ccc(-c2nccn2C)cc1Cl. The Morgan fingerprint density at radius 1 is 1.39 bits per heavy atom. The van der Waals surface area contributed by atoms with Crippen molar-refractivity contribution in [3.05, 3.63) is 41.2 Å². The van der Waals surface area contributed by atoms with Crippen LogP contribution in [0.3, 0.4) is 0 Å². The minimum atomic E-state index is 0.454. The molecular weight excluding hydrogens is 246 g/mol. The molecule has 0 fully saturated rings. The Hall–Kier alpha value is -1.32. The maximum absolute atomic E-state index is 6.31. The van der Waals surface area contributed by atoms with Gasteiger partial charge in [0, 0.05) is 42.6 Å². The van der Waals surface area contributed by atoms with Crippen molar-refractivity contribution in [1.82, 2.24) is 14.9 Å². The predicted molar refractivity (Wildman–Crippen MR) is 75.6 cm³/mol. The molecule has 1 aromatic heterocycles. The lowest BCUT2D eigenvalue weighted by Gasteiger charge is -2.10. The zero-order valence-electron chi connectivity index (χ0n) is 10.9. The van der Waals surface area contributed by atoms with Crippen LogP contribution in [-0.2, 0) is 13.6 Å². The van der Waals surface area contributed by atoms with Crippen molar-refractivity contribution in [2.45, 2.75) is 26.4 Å². The molecule has 0 aliphatic rings. The third-order valence-electron chi connectivity index (χ3n) is 2.83. The molecule has 0 saturated heterocycles. The molecule has 0 atom stereocenters. The summed E-state index contributed by atoms with van der Waals surface area (Å²) >= 11 is 6.31. The summed E-state index contributed by atoms with van der Waals surface area (Å²) in [6.45, 7) is 5.03. The van der Waals surface area contributed by atoms with E-state index in [4.69, 9.17) is 11.6 Å². The summed E-state index contributed by atoms with van der Waals surface area (Å²) in [5.41, 5.74) is 2.16. The lowest BCUT2D eigenvalue weighted by atomic mass is 10.1. The van der Waals surface area contributed by atoms with Gasteiger partial charge in [-0.15, -0.1) is 0 Å². The first-order chi connectivity index (χ1) is 8.58. The summed E-state index contributed by atoms with van der Waals surface area (Å²) in [7, 11) is 1.98. The maximum Gasteiger partial charge on any atom is 0.139 e. The molecule has 0 saturated carbocycles. The van der Waals surface area contributed by atoms with E-state index < -0.39 is 0 Å². The molecule has 3 nitrogen and oxygen atoms in total. The van der Waals surface area contributed by atoms with Crippen LogP contribution < -0.4 is 5.32 Å². The van der Waals surface area contributed by atoms with Crippen LogP contribution in [0.1, 0.15) is 19.4 Å². The van der Waals surface area contributed by atoms with Gasteiger partial charge in [-0.3, -0.25) is 0 Å². The zero-order valence-corrected chi connectivity index (χ0v) is 11.7. The summed E-state index contributed by atoms with van der Waals surface area (Å²) < 4.78 is 1.98. The molecule has 96 valence electrons. The lowest BCUT2D eigenvalue weighted by Crippen LogP contribution is -2.21. The molecular formula is C14H18ClN3. The average molecular weight is 264 g/mol. The number of aryl methyl sites for hydroxylation is 1. The second-order valence-electron chi connectivity index (χ2n) is 4.70. The molecule has 0 aliphatic carbocycles. The number of halogens is 1. The van der Waals surface area contributed by atoms with Gasteiger partial charge in [0.2, 0.25) is 0 Å². The predicted octanol–water partition coefficient (Wildman–Crippen LogP) is 3.24. The highest BCUT2D eigenvalue weighted by atomic mass is 35.5. The Labute approximate surface area is 113 Å². The van der Waals surface area contributed by atoms with Crippen LogP contribution in [0.2, 0.25) is 5.02 Å². The highest BCUT2D eigenvalue weighted by molar-refractivity contribution is 6.31. The molecule has 1 heterocycles. The number of benzene rings is 1. The van der Waals surface area contributed by atoms with E-state index in [1.165, 1.54) is 0 Å². The van der Waals surface area contributed by atoms with Gasteiger partial charge < -0.3 is 9.88 Å². The van der Waals surface area contributed by atoms with Gasteiger partial charge in [0.15, 0.2) is 0 Å². The van der Waals surface area contributed by atoms with E-state index in [0.29, 0.717) is 6.04 Å². The van der Waals surface area contributed by atoms with E-state index in [2.05, 4.69) is 36.3 Å². The van der Waals surface area contributed by atoms with Crippen molar-refractivity contribution in [3.63, 3.8) is 0 Å². The van der Waals surface area contributed by atoms with Crippen molar-refractivity contribution in [1.29, 1.82) is 0 Å². The molecule has 18 heavy (non-hydrogen) atoms. The number of nitrogens with zero attached hydrogens (tertiary/aromatic N) is 2. The highest BCUT2D eigenvalue weighted by Crippen LogP contribution is 2.24. The normalized spacial score (nSPS) is 11.2. The molecule has 2 aromatic rings. The number of hydrogen-bond donors (Lipinski definition) is 1. The second kappa shape index (κ2) is 5.55. The van der Waals surface area contributed by atoms with Gasteiger partial charge >= 0.3 is 0 Å². The first kappa shape index (κ1) is 13.1. The zero-order chi connectivity index (χ0) is 13.1. The first-order valence-electron chi connectivity index (χ1n) is 6.07. The van der Waals surface area contributed by atoms with Crippen LogP contribution in [0.4, 0.5) is 0 Å². The second-order valence-corrected chi connectivity index (χ2v) is 5.11. The van der Waals surface area contributed by atoms with Crippen LogP contribution in [0.25, 0.3) is 11.4 Å². The van der Waals surface area contributed by atoms with Crippen molar-refractivity contribution >= 4 is 11.6 Å².